The molecule has 4 aromatic carbocycles. The normalized spacial score (nSPS) is 15.4. The highest BCUT2D eigenvalue weighted by Gasteiger charge is 2.43. The summed E-state index contributed by atoms with van der Waals surface area (Å²) >= 11 is 0. The van der Waals surface area contributed by atoms with Crippen LogP contribution in [0.2, 0.25) is 0 Å². The number of nitrogens with zero attached hydrogens (tertiary/aromatic N) is 2. The summed E-state index contributed by atoms with van der Waals surface area (Å²) in [6.07, 6.45) is 6.39. The number of benzene rings is 4. The zero-order valence-electron chi connectivity index (χ0n) is 20.3. The molecule has 2 nitrogen and oxygen atoms in total. The Morgan fingerprint density at radius 2 is 1.08 bits per heavy atom. The Balaban J connectivity index is 1.42. The van der Waals surface area contributed by atoms with Crippen LogP contribution >= 0.6 is 0 Å². The van der Waals surface area contributed by atoms with Crippen molar-refractivity contribution in [2.45, 2.75) is 37.5 Å². The molecule has 0 N–H and O–H groups in total. The molecule has 0 radical (unpaired) electrons. The first kappa shape index (κ1) is 21.3. The summed E-state index contributed by atoms with van der Waals surface area (Å²) in [5, 5.41) is 0. The third kappa shape index (κ3) is 3.40. The van der Waals surface area contributed by atoms with Crippen LogP contribution < -0.4 is 0 Å². The quantitative estimate of drug-likeness (QED) is 0.267. The molecule has 2 aliphatic carbocycles. The molecule has 0 bridgehead atoms. The molecule has 5 aromatic rings. The summed E-state index contributed by atoms with van der Waals surface area (Å²) < 4.78 is 0. The van der Waals surface area contributed by atoms with Gasteiger partial charge in [0, 0.05) is 22.1 Å². The van der Waals surface area contributed by atoms with E-state index in [1.165, 1.54) is 59.9 Å². The Hall–Kier alpha value is -4.04. The topological polar surface area (TPSA) is 25.8 Å². The Bertz CT molecular complexity index is 1490. The molecule has 174 valence electrons. The van der Waals surface area contributed by atoms with Gasteiger partial charge in [0.2, 0.25) is 0 Å². The van der Waals surface area contributed by atoms with Crippen LogP contribution in [-0.2, 0) is 5.41 Å². The van der Waals surface area contributed by atoms with Crippen LogP contribution in [0.15, 0.2) is 109 Å². The molecule has 2 aliphatic rings. The van der Waals surface area contributed by atoms with E-state index in [-0.39, 0.29) is 5.41 Å². The smallest absolute Gasteiger partial charge is 0.160 e. The van der Waals surface area contributed by atoms with Gasteiger partial charge in [-0.2, -0.15) is 0 Å². The van der Waals surface area contributed by atoms with E-state index in [1.807, 2.05) is 24.3 Å². The van der Waals surface area contributed by atoms with Crippen molar-refractivity contribution >= 4 is 0 Å². The average Bonchev–Trinajstić information content (AvgIpc) is 3.23. The van der Waals surface area contributed by atoms with E-state index in [1.54, 1.807) is 0 Å². The fraction of sp³-hybridized carbons (Fsp3) is 0.176. The predicted octanol–water partition coefficient (Wildman–Crippen LogP) is 8.71. The number of hydrogen-bond acceptors (Lipinski definition) is 2. The highest BCUT2D eigenvalue weighted by Crippen LogP contribution is 2.56. The highest BCUT2D eigenvalue weighted by molar-refractivity contribution is 5.84. The number of rotatable bonds is 3. The van der Waals surface area contributed by atoms with Crippen LogP contribution in [0, 0.1) is 0 Å². The summed E-state index contributed by atoms with van der Waals surface area (Å²) in [6, 6.07) is 39.0. The molecule has 0 saturated heterocycles. The SMILES string of the molecule is c1ccc(-c2cc(-c3ccc4c(c3)C3(CCCCC3)c3ccccc3-4)nc(-c3ccccc3)n2)cc1. The van der Waals surface area contributed by atoms with Crippen molar-refractivity contribution in [1.82, 2.24) is 9.97 Å². The van der Waals surface area contributed by atoms with Gasteiger partial charge < -0.3 is 0 Å². The van der Waals surface area contributed by atoms with Crippen LogP contribution in [0.4, 0.5) is 0 Å². The minimum Gasteiger partial charge on any atom is -0.228 e. The maximum Gasteiger partial charge on any atom is 0.160 e. The van der Waals surface area contributed by atoms with Gasteiger partial charge in [0.25, 0.3) is 0 Å². The molecule has 1 heterocycles. The Labute approximate surface area is 212 Å². The molecular weight excluding hydrogens is 436 g/mol. The summed E-state index contributed by atoms with van der Waals surface area (Å²) in [5.74, 6) is 0.767. The van der Waals surface area contributed by atoms with Gasteiger partial charge in [0.1, 0.15) is 0 Å². The Kier molecular flexibility index (Phi) is 5.06. The number of aromatic nitrogens is 2. The zero-order chi connectivity index (χ0) is 24.0. The first-order valence-corrected chi connectivity index (χ1v) is 13.1. The van der Waals surface area contributed by atoms with E-state index in [0.29, 0.717) is 0 Å². The molecule has 0 atom stereocenters. The molecule has 1 aromatic heterocycles. The van der Waals surface area contributed by atoms with Gasteiger partial charge in [-0.15, -0.1) is 0 Å². The predicted molar refractivity (Wildman–Crippen MR) is 148 cm³/mol. The summed E-state index contributed by atoms with van der Waals surface area (Å²) in [4.78, 5) is 10.1. The maximum absolute atomic E-state index is 5.10. The van der Waals surface area contributed by atoms with Gasteiger partial charge in [-0.1, -0.05) is 116 Å². The lowest BCUT2D eigenvalue weighted by atomic mass is 9.67. The third-order valence-corrected chi connectivity index (χ3v) is 8.10. The molecule has 1 spiro atoms. The molecule has 0 amide bonds. The van der Waals surface area contributed by atoms with Crippen molar-refractivity contribution in [3.63, 3.8) is 0 Å². The molecule has 36 heavy (non-hydrogen) atoms. The van der Waals surface area contributed by atoms with E-state index >= 15 is 0 Å². The highest BCUT2D eigenvalue weighted by atomic mass is 14.9. The van der Waals surface area contributed by atoms with E-state index in [4.69, 9.17) is 9.97 Å². The van der Waals surface area contributed by atoms with Crippen molar-refractivity contribution in [1.29, 1.82) is 0 Å². The second-order valence-electron chi connectivity index (χ2n) is 10.1. The number of hydrogen-bond donors (Lipinski definition) is 0. The van der Waals surface area contributed by atoms with Gasteiger partial charge in [0.15, 0.2) is 5.82 Å². The van der Waals surface area contributed by atoms with E-state index in [0.717, 1.165) is 28.3 Å². The lowest BCUT2D eigenvalue weighted by Crippen LogP contribution is -2.28. The summed E-state index contributed by atoms with van der Waals surface area (Å²) in [6.45, 7) is 0. The van der Waals surface area contributed by atoms with Gasteiger partial charge >= 0.3 is 0 Å². The van der Waals surface area contributed by atoms with Gasteiger partial charge in [-0.3, -0.25) is 0 Å². The largest absolute Gasteiger partial charge is 0.228 e. The van der Waals surface area contributed by atoms with Gasteiger partial charge in [0.05, 0.1) is 11.4 Å². The van der Waals surface area contributed by atoms with Crippen molar-refractivity contribution in [3.8, 4) is 45.0 Å². The van der Waals surface area contributed by atoms with E-state index in [2.05, 4.69) is 84.9 Å². The molecule has 7 rings (SSSR count). The minimum atomic E-state index is 0.137. The minimum absolute atomic E-state index is 0.137. The average molecular weight is 465 g/mol. The molecular formula is C34H28N2. The van der Waals surface area contributed by atoms with Crippen LogP contribution in [0.5, 0.6) is 0 Å². The Morgan fingerprint density at radius 1 is 0.472 bits per heavy atom. The van der Waals surface area contributed by atoms with E-state index in [9.17, 15) is 0 Å². The fourth-order valence-corrected chi connectivity index (χ4v) is 6.38. The Morgan fingerprint density at radius 3 is 1.83 bits per heavy atom. The second kappa shape index (κ2) is 8.57. The molecule has 1 saturated carbocycles. The first-order valence-electron chi connectivity index (χ1n) is 13.1. The molecule has 0 aliphatic heterocycles. The van der Waals surface area contributed by atoms with Crippen molar-refractivity contribution in [2.24, 2.45) is 0 Å². The first-order chi connectivity index (χ1) is 17.8. The zero-order valence-corrected chi connectivity index (χ0v) is 20.3. The van der Waals surface area contributed by atoms with Crippen LogP contribution in [0.1, 0.15) is 43.2 Å². The van der Waals surface area contributed by atoms with Gasteiger partial charge in [-0.05, 0) is 47.2 Å². The van der Waals surface area contributed by atoms with Crippen LogP contribution in [-0.4, -0.2) is 9.97 Å². The van der Waals surface area contributed by atoms with Crippen LogP contribution in [0.25, 0.3) is 45.0 Å². The third-order valence-electron chi connectivity index (χ3n) is 8.10. The lowest BCUT2D eigenvalue weighted by Gasteiger charge is -2.36. The molecule has 0 unspecified atom stereocenters. The summed E-state index contributed by atoms with van der Waals surface area (Å²) in [5.41, 5.74) is 11.2. The van der Waals surface area contributed by atoms with Crippen LogP contribution in [0.3, 0.4) is 0 Å². The van der Waals surface area contributed by atoms with Crippen molar-refractivity contribution in [3.05, 3.63) is 120 Å². The number of fused-ring (bicyclic) bond motifs is 5. The van der Waals surface area contributed by atoms with Crippen molar-refractivity contribution in [2.75, 3.05) is 0 Å². The molecule has 1 fully saturated rings. The molecule has 2 heteroatoms. The van der Waals surface area contributed by atoms with Crippen molar-refractivity contribution < 1.29 is 0 Å². The maximum atomic E-state index is 5.10. The van der Waals surface area contributed by atoms with Gasteiger partial charge in [-0.25, -0.2) is 9.97 Å². The van der Waals surface area contributed by atoms with E-state index < -0.39 is 0 Å². The monoisotopic (exact) mass is 464 g/mol. The standard InChI is InChI=1S/C34H28N2/c1-4-12-24(13-5-1)31-23-32(36-33(35-31)25-14-6-2-7-15-25)26-18-19-28-27-16-8-9-17-29(27)34(30(28)22-26)20-10-3-11-21-34/h1-2,4-9,12-19,22-23H,3,10-11,20-21H2. The second-order valence-corrected chi connectivity index (χ2v) is 10.1. The lowest BCUT2D eigenvalue weighted by molar-refractivity contribution is 0.353. The summed E-state index contributed by atoms with van der Waals surface area (Å²) in [7, 11) is 0. The fourth-order valence-electron chi connectivity index (χ4n) is 6.38.